The second-order valence-corrected chi connectivity index (χ2v) is 2.69. The third kappa shape index (κ3) is 1.81. The van der Waals surface area contributed by atoms with Crippen LogP contribution in [0.5, 0.6) is 0 Å². The fourth-order valence-electron chi connectivity index (χ4n) is 1.16. The monoisotopic (exact) mass is 170 g/mol. The number of nitrogens with zero attached hydrogens (tertiary/aromatic N) is 1. The zero-order valence-electron chi connectivity index (χ0n) is 6.58. The summed E-state index contributed by atoms with van der Waals surface area (Å²) >= 11 is 0. The van der Waals surface area contributed by atoms with Gasteiger partial charge in [0, 0.05) is 13.0 Å². The molecule has 1 heterocycles. The van der Waals surface area contributed by atoms with E-state index in [0.717, 1.165) is 4.90 Å². The van der Waals surface area contributed by atoms with Crippen LogP contribution in [0.25, 0.3) is 0 Å². The molecule has 0 bridgehead atoms. The number of primary amides is 1. The molecule has 3 amide bonds. The summed E-state index contributed by atoms with van der Waals surface area (Å²) in [6, 6.07) is 0. The van der Waals surface area contributed by atoms with E-state index in [1.165, 1.54) is 0 Å². The summed E-state index contributed by atoms with van der Waals surface area (Å²) in [5.74, 6) is -1.38. The normalized spacial score (nSPS) is 16.7. The molecule has 1 aliphatic heterocycles. The Hall–Kier alpha value is -1.39. The van der Waals surface area contributed by atoms with Crippen LogP contribution in [0, 0.1) is 0 Å². The van der Waals surface area contributed by atoms with E-state index in [4.69, 9.17) is 5.73 Å². The molecular weight excluding hydrogens is 160 g/mol. The van der Waals surface area contributed by atoms with Crippen molar-refractivity contribution in [1.29, 1.82) is 0 Å². The van der Waals surface area contributed by atoms with E-state index in [1.54, 1.807) is 0 Å². The van der Waals surface area contributed by atoms with Gasteiger partial charge in [0.25, 0.3) is 0 Å². The van der Waals surface area contributed by atoms with E-state index in [1.807, 2.05) is 0 Å². The Kier molecular flexibility index (Phi) is 2.42. The number of likely N-dealkylation sites (tertiary alicyclic amines) is 1. The van der Waals surface area contributed by atoms with Crippen molar-refractivity contribution in [3.05, 3.63) is 0 Å². The number of amides is 3. The highest BCUT2D eigenvalue weighted by Crippen LogP contribution is 2.10. The van der Waals surface area contributed by atoms with Gasteiger partial charge in [0.15, 0.2) is 0 Å². The molecule has 0 atom stereocenters. The molecule has 66 valence electrons. The van der Waals surface area contributed by atoms with Gasteiger partial charge in [-0.3, -0.25) is 19.3 Å². The van der Waals surface area contributed by atoms with Gasteiger partial charge >= 0.3 is 0 Å². The minimum atomic E-state index is -0.695. The second-order valence-electron chi connectivity index (χ2n) is 2.69. The molecule has 0 saturated carbocycles. The molecule has 5 nitrogen and oxygen atoms in total. The van der Waals surface area contributed by atoms with Gasteiger partial charge in [-0.1, -0.05) is 0 Å². The molecule has 1 fully saturated rings. The van der Waals surface area contributed by atoms with Gasteiger partial charge in [-0.25, -0.2) is 0 Å². The molecule has 0 unspecified atom stereocenters. The molecule has 0 aromatic rings. The standard InChI is InChI=1S/C7H10N2O3/c8-5(10)4-7(12)9-3-1-2-6(9)11/h1-4H2,(H2,8,10). The Morgan fingerprint density at radius 2 is 2.17 bits per heavy atom. The smallest absolute Gasteiger partial charge is 0.238 e. The number of imide groups is 1. The van der Waals surface area contributed by atoms with Crippen molar-refractivity contribution in [2.24, 2.45) is 5.73 Å². The van der Waals surface area contributed by atoms with Gasteiger partial charge < -0.3 is 5.73 Å². The largest absolute Gasteiger partial charge is 0.369 e. The molecule has 5 heteroatoms. The first-order valence-corrected chi connectivity index (χ1v) is 3.73. The van der Waals surface area contributed by atoms with Crippen LogP contribution in [-0.4, -0.2) is 29.2 Å². The third-order valence-electron chi connectivity index (χ3n) is 1.70. The fraction of sp³-hybridized carbons (Fsp3) is 0.571. The van der Waals surface area contributed by atoms with Gasteiger partial charge in [0.1, 0.15) is 6.42 Å². The second kappa shape index (κ2) is 3.34. The summed E-state index contributed by atoms with van der Waals surface area (Å²) in [5, 5.41) is 0. The number of rotatable bonds is 2. The van der Waals surface area contributed by atoms with Crippen molar-refractivity contribution in [2.45, 2.75) is 19.3 Å². The number of hydrogen-bond donors (Lipinski definition) is 1. The average molecular weight is 170 g/mol. The molecule has 0 aromatic carbocycles. The third-order valence-corrected chi connectivity index (χ3v) is 1.70. The first-order chi connectivity index (χ1) is 5.61. The quantitative estimate of drug-likeness (QED) is 0.540. The maximum Gasteiger partial charge on any atom is 0.238 e. The number of nitrogens with two attached hydrogens (primary N) is 1. The summed E-state index contributed by atoms with van der Waals surface area (Å²) in [6.45, 7) is 0.422. The van der Waals surface area contributed by atoms with Crippen LogP contribution in [0.1, 0.15) is 19.3 Å². The lowest BCUT2D eigenvalue weighted by atomic mass is 10.3. The molecule has 0 aromatic heterocycles. The number of carbonyl (C=O) groups excluding carboxylic acids is 3. The Morgan fingerprint density at radius 3 is 2.58 bits per heavy atom. The van der Waals surface area contributed by atoms with E-state index >= 15 is 0 Å². The van der Waals surface area contributed by atoms with Gasteiger partial charge in [0.05, 0.1) is 0 Å². The molecule has 0 spiro atoms. The Morgan fingerprint density at radius 1 is 1.50 bits per heavy atom. The summed E-state index contributed by atoms with van der Waals surface area (Å²) in [6.07, 6.45) is 0.708. The Labute approximate surface area is 69.5 Å². The Balaban J connectivity index is 2.52. The van der Waals surface area contributed by atoms with Crippen LogP contribution in [0.2, 0.25) is 0 Å². The first kappa shape index (κ1) is 8.70. The summed E-state index contributed by atoms with van der Waals surface area (Å²) in [4.78, 5) is 33.4. The molecule has 1 saturated heterocycles. The van der Waals surface area contributed by atoms with Gasteiger partial charge in [-0.2, -0.15) is 0 Å². The zero-order valence-corrected chi connectivity index (χ0v) is 6.58. The van der Waals surface area contributed by atoms with Crippen molar-refractivity contribution in [3.63, 3.8) is 0 Å². The highest BCUT2D eigenvalue weighted by Gasteiger charge is 2.26. The predicted octanol–water partition coefficient (Wildman–Crippen LogP) is -0.989. The van der Waals surface area contributed by atoms with Crippen molar-refractivity contribution in [1.82, 2.24) is 4.90 Å². The predicted molar refractivity (Wildman–Crippen MR) is 39.8 cm³/mol. The minimum absolute atomic E-state index is 0.207. The van der Waals surface area contributed by atoms with Crippen molar-refractivity contribution < 1.29 is 14.4 Å². The lowest BCUT2D eigenvalue weighted by Crippen LogP contribution is -2.34. The summed E-state index contributed by atoms with van der Waals surface area (Å²) < 4.78 is 0. The van der Waals surface area contributed by atoms with Crippen LogP contribution < -0.4 is 5.73 Å². The molecule has 1 aliphatic rings. The molecule has 12 heavy (non-hydrogen) atoms. The van der Waals surface area contributed by atoms with Crippen LogP contribution >= 0.6 is 0 Å². The van der Waals surface area contributed by atoms with Crippen molar-refractivity contribution >= 4 is 17.7 Å². The van der Waals surface area contributed by atoms with Crippen LogP contribution in [0.15, 0.2) is 0 Å². The SMILES string of the molecule is NC(=O)CC(=O)N1CCCC1=O. The van der Waals surface area contributed by atoms with Crippen molar-refractivity contribution in [3.8, 4) is 0 Å². The maximum atomic E-state index is 11.1. The number of hydrogen-bond acceptors (Lipinski definition) is 3. The zero-order chi connectivity index (χ0) is 9.14. The summed E-state index contributed by atoms with van der Waals surface area (Å²) in [7, 11) is 0. The minimum Gasteiger partial charge on any atom is -0.369 e. The van der Waals surface area contributed by atoms with E-state index in [0.29, 0.717) is 19.4 Å². The Bertz CT molecular complexity index is 237. The van der Waals surface area contributed by atoms with Crippen LogP contribution in [0.4, 0.5) is 0 Å². The molecule has 2 N–H and O–H groups in total. The van der Waals surface area contributed by atoms with E-state index in [9.17, 15) is 14.4 Å². The van der Waals surface area contributed by atoms with Gasteiger partial charge in [-0.05, 0) is 6.42 Å². The molecule has 1 rings (SSSR count). The fourth-order valence-corrected chi connectivity index (χ4v) is 1.16. The molecular formula is C7H10N2O3. The lowest BCUT2D eigenvalue weighted by molar-refractivity contribution is -0.142. The van der Waals surface area contributed by atoms with Crippen molar-refractivity contribution in [2.75, 3.05) is 6.54 Å². The van der Waals surface area contributed by atoms with Gasteiger partial charge in [0.2, 0.25) is 17.7 Å². The highest BCUT2D eigenvalue weighted by atomic mass is 16.2. The van der Waals surface area contributed by atoms with E-state index in [2.05, 4.69) is 0 Å². The molecule has 0 aliphatic carbocycles. The van der Waals surface area contributed by atoms with Crippen LogP contribution in [-0.2, 0) is 14.4 Å². The number of carbonyl (C=O) groups is 3. The summed E-state index contributed by atoms with van der Waals surface area (Å²) in [5.41, 5.74) is 4.81. The first-order valence-electron chi connectivity index (χ1n) is 3.73. The van der Waals surface area contributed by atoms with Gasteiger partial charge in [-0.15, -0.1) is 0 Å². The van der Waals surface area contributed by atoms with Crippen LogP contribution in [0.3, 0.4) is 0 Å². The van der Waals surface area contributed by atoms with E-state index < -0.39 is 11.8 Å². The topological polar surface area (TPSA) is 80.5 Å². The highest BCUT2D eigenvalue weighted by molar-refractivity contribution is 6.04. The maximum absolute atomic E-state index is 11.1. The average Bonchev–Trinajstić information content (AvgIpc) is 2.33. The van der Waals surface area contributed by atoms with E-state index in [-0.39, 0.29) is 12.3 Å². The molecule has 0 radical (unpaired) electrons. The lowest BCUT2D eigenvalue weighted by Gasteiger charge is -2.11.